The molecule has 0 aliphatic carbocycles. The molecule has 0 spiro atoms. The average molecular weight is 258 g/mol. The largest absolute Gasteiger partial charge is 0.330 e. The van der Waals surface area contributed by atoms with Crippen LogP contribution in [0, 0.1) is 0 Å². The second-order valence-corrected chi connectivity index (χ2v) is 4.99. The maximum absolute atomic E-state index is 5.53. The van der Waals surface area contributed by atoms with Crippen molar-refractivity contribution >= 4 is 17.6 Å². The van der Waals surface area contributed by atoms with Crippen LogP contribution in [0.3, 0.4) is 0 Å². The number of anilines is 1. The van der Waals surface area contributed by atoms with Crippen LogP contribution >= 0.6 is 11.9 Å². The summed E-state index contributed by atoms with van der Waals surface area (Å²) in [5.41, 5.74) is 8.00. The molecule has 2 nitrogen and oxygen atoms in total. The minimum atomic E-state index is 0.746. The molecule has 0 amide bonds. The van der Waals surface area contributed by atoms with Crippen molar-refractivity contribution in [2.24, 2.45) is 5.73 Å². The average Bonchev–Trinajstić information content (AvgIpc) is 2.44. The predicted molar refractivity (Wildman–Crippen MR) is 79.7 cm³/mol. The van der Waals surface area contributed by atoms with Crippen LogP contribution in [0.5, 0.6) is 0 Å². The minimum absolute atomic E-state index is 0.746. The summed E-state index contributed by atoms with van der Waals surface area (Å²) in [6, 6.07) is 18.8. The van der Waals surface area contributed by atoms with E-state index in [1.54, 1.807) is 11.9 Å². The monoisotopic (exact) mass is 258 g/mol. The number of nitrogens with two attached hydrogens (primary N) is 1. The minimum Gasteiger partial charge on any atom is -0.330 e. The summed E-state index contributed by atoms with van der Waals surface area (Å²) in [5, 5.41) is 0. The van der Waals surface area contributed by atoms with Crippen molar-refractivity contribution in [1.82, 2.24) is 0 Å². The molecular formula is C15H18N2S. The second-order valence-electron chi connectivity index (χ2n) is 4.11. The maximum atomic E-state index is 5.53. The number of hydrogen-bond donors (Lipinski definition) is 2. The van der Waals surface area contributed by atoms with Gasteiger partial charge in [0.1, 0.15) is 0 Å². The Kier molecular flexibility index (Phi) is 5.12. The van der Waals surface area contributed by atoms with Crippen LogP contribution < -0.4 is 10.5 Å². The number of benzene rings is 2. The fraction of sp³-hybridized carbons (Fsp3) is 0.200. The number of rotatable bonds is 6. The van der Waals surface area contributed by atoms with Crippen LogP contribution in [-0.2, 0) is 6.42 Å². The van der Waals surface area contributed by atoms with Gasteiger partial charge in [0.2, 0.25) is 0 Å². The molecular weight excluding hydrogens is 240 g/mol. The SMILES string of the molecule is NCCCc1cccc(NSc2ccccc2)c1. The molecule has 3 N–H and O–H groups in total. The Balaban J connectivity index is 1.93. The molecule has 2 rings (SSSR count). The molecule has 0 aliphatic heterocycles. The van der Waals surface area contributed by atoms with Gasteiger partial charge in [-0.15, -0.1) is 0 Å². The van der Waals surface area contributed by atoms with E-state index in [1.807, 2.05) is 18.2 Å². The molecule has 0 unspecified atom stereocenters. The number of aryl methyl sites for hydroxylation is 1. The van der Waals surface area contributed by atoms with Gasteiger partial charge in [0.05, 0.1) is 0 Å². The summed E-state index contributed by atoms with van der Waals surface area (Å²) < 4.78 is 3.36. The van der Waals surface area contributed by atoms with E-state index in [0.29, 0.717) is 0 Å². The van der Waals surface area contributed by atoms with Crippen LogP contribution in [0.2, 0.25) is 0 Å². The summed E-state index contributed by atoms with van der Waals surface area (Å²) >= 11 is 1.63. The molecule has 0 heterocycles. The highest BCUT2D eigenvalue weighted by molar-refractivity contribution is 8.00. The van der Waals surface area contributed by atoms with Crippen LogP contribution in [0.25, 0.3) is 0 Å². The lowest BCUT2D eigenvalue weighted by molar-refractivity contribution is 0.833. The third kappa shape index (κ3) is 4.09. The summed E-state index contributed by atoms with van der Waals surface area (Å²) in [5.74, 6) is 0. The quantitative estimate of drug-likeness (QED) is 0.776. The molecule has 0 saturated heterocycles. The van der Waals surface area contributed by atoms with E-state index in [0.717, 1.165) is 25.1 Å². The van der Waals surface area contributed by atoms with Gasteiger partial charge < -0.3 is 10.5 Å². The molecule has 2 aromatic rings. The maximum Gasteiger partial charge on any atom is 0.0445 e. The predicted octanol–water partition coefficient (Wildman–Crippen LogP) is 3.70. The molecule has 2 aromatic carbocycles. The fourth-order valence-electron chi connectivity index (χ4n) is 1.70. The first-order chi connectivity index (χ1) is 8.88. The first kappa shape index (κ1) is 13.0. The van der Waals surface area contributed by atoms with Crippen LogP contribution in [0.4, 0.5) is 5.69 Å². The molecule has 0 radical (unpaired) electrons. The highest BCUT2D eigenvalue weighted by atomic mass is 32.2. The zero-order valence-electron chi connectivity index (χ0n) is 10.3. The Bertz CT molecular complexity index is 471. The first-order valence-electron chi connectivity index (χ1n) is 6.15. The van der Waals surface area contributed by atoms with Gasteiger partial charge in [-0.25, -0.2) is 0 Å². The van der Waals surface area contributed by atoms with Gasteiger partial charge in [-0.3, -0.25) is 0 Å². The van der Waals surface area contributed by atoms with Crippen LogP contribution in [0.15, 0.2) is 59.5 Å². The summed E-state index contributed by atoms with van der Waals surface area (Å²) in [6.45, 7) is 0.746. The smallest absolute Gasteiger partial charge is 0.0445 e. The lowest BCUT2D eigenvalue weighted by Crippen LogP contribution is -2.00. The van der Waals surface area contributed by atoms with E-state index in [-0.39, 0.29) is 0 Å². The molecule has 0 atom stereocenters. The van der Waals surface area contributed by atoms with Crippen molar-refractivity contribution in [3.63, 3.8) is 0 Å². The standard InChI is InChI=1S/C15H18N2S/c16-11-5-7-13-6-4-8-14(12-13)17-18-15-9-2-1-3-10-15/h1-4,6,8-10,12,17H,5,7,11,16H2. The Morgan fingerprint density at radius 1 is 1.00 bits per heavy atom. The molecule has 18 heavy (non-hydrogen) atoms. The summed E-state index contributed by atoms with van der Waals surface area (Å²) in [4.78, 5) is 1.21. The number of hydrogen-bond acceptors (Lipinski definition) is 3. The van der Waals surface area contributed by atoms with Crippen molar-refractivity contribution in [3.8, 4) is 0 Å². The fourth-order valence-corrected chi connectivity index (χ4v) is 2.36. The zero-order valence-corrected chi connectivity index (χ0v) is 11.1. The van der Waals surface area contributed by atoms with E-state index in [1.165, 1.54) is 10.5 Å². The van der Waals surface area contributed by atoms with Gasteiger partial charge in [0.15, 0.2) is 0 Å². The Morgan fingerprint density at radius 3 is 2.61 bits per heavy atom. The molecule has 0 saturated carbocycles. The lowest BCUT2D eigenvalue weighted by atomic mass is 10.1. The second kappa shape index (κ2) is 7.09. The topological polar surface area (TPSA) is 38.0 Å². The first-order valence-corrected chi connectivity index (χ1v) is 6.97. The summed E-state index contributed by atoms with van der Waals surface area (Å²) in [6.07, 6.45) is 2.08. The van der Waals surface area contributed by atoms with Crippen molar-refractivity contribution in [3.05, 3.63) is 60.2 Å². The molecule has 0 bridgehead atoms. The van der Waals surface area contributed by atoms with Crippen molar-refractivity contribution in [1.29, 1.82) is 0 Å². The van der Waals surface area contributed by atoms with E-state index < -0.39 is 0 Å². The third-order valence-corrected chi connectivity index (χ3v) is 3.47. The molecule has 0 aromatic heterocycles. The molecule has 0 aliphatic rings. The van der Waals surface area contributed by atoms with Crippen molar-refractivity contribution in [2.45, 2.75) is 17.7 Å². The highest BCUT2D eigenvalue weighted by Crippen LogP contribution is 2.21. The zero-order chi connectivity index (χ0) is 12.6. The van der Waals surface area contributed by atoms with E-state index in [2.05, 4.69) is 41.1 Å². The molecule has 0 fully saturated rings. The van der Waals surface area contributed by atoms with Gasteiger partial charge in [-0.2, -0.15) is 0 Å². The Morgan fingerprint density at radius 2 is 1.83 bits per heavy atom. The Labute approximate surface area is 113 Å². The van der Waals surface area contributed by atoms with Crippen LogP contribution in [-0.4, -0.2) is 6.54 Å². The van der Waals surface area contributed by atoms with E-state index >= 15 is 0 Å². The van der Waals surface area contributed by atoms with Gasteiger partial charge in [-0.05, 0) is 61.2 Å². The van der Waals surface area contributed by atoms with Gasteiger partial charge in [-0.1, -0.05) is 30.3 Å². The van der Waals surface area contributed by atoms with Gasteiger partial charge in [0.25, 0.3) is 0 Å². The number of nitrogens with one attached hydrogen (secondary N) is 1. The lowest BCUT2D eigenvalue weighted by Gasteiger charge is -2.07. The van der Waals surface area contributed by atoms with E-state index in [9.17, 15) is 0 Å². The summed E-state index contributed by atoms with van der Waals surface area (Å²) in [7, 11) is 0. The van der Waals surface area contributed by atoms with Crippen molar-refractivity contribution in [2.75, 3.05) is 11.3 Å². The van der Waals surface area contributed by atoms with Crippen LogP contribution in [0.1, 0.15) is 12.0 Å². The normalized spacial score (nSPS) is 10.3. The highest BCUT2D eigenvalue weighted by Gasteiger charge is 1.97. The van der Waals surface area contributed by atoms with Gasteiger partial charge >= 0.3 is 0 Å². The van der Waals surface area contributed by atoms with E-state index in [4.69, 9.17) is 5.73 Å². The molecule has 3 heteroatoms. The molecule has 94 valence electrons. The Hall–Kier alpha value is -1.45. The third-order valence-electron chi connectivity index (χ3n) is 2.63. The van der Waals surface area contributed by atoms with Crippen molar-refractivity contribution < 1.29 is 0 Å². The van der Waals surface area contributed by atoms with Gasteiger partial charge in [0, 0.05) is 10.6 Å².